The number of aromatic hydroxyl groups is 1. The fraction of sp³-hybridized carbons (Fsp3) is 0.0714. The van der Waals surface area contributed by atoms with Gasteiger partial charge in [0.1, 0.15) is 5.75 Å². The minimum Gasteiger partial charge on any atom is -0.508 e. The van der Waals surface area contributed by atoms with Crippen molar-refractivity contribution in [2.24, 2.45) is 0 Å². The predicted molar refractivity (Wildman–Crippen MR) is 71.3 cm³/mol. The lowest BCUT2D eigenvalue weighted by Crippen LogP contribution is -2.14. The lowest BCUT2D eigenvalue weighted by Gasteiger charge is -2.05. The zero-order chi connectivity index (χ0) is 13.0. The monoisotopic (exact) mass is 242 g/mol. The van der Waals surface area contributed by atoms with Crippen LogP contribution >= 0.6 is 0 Å². The second-order valence-corrected chi connectivity index (χ2v) is 4.02. The van der Waals surface area contributed by atoms with E-state index >= 15 is 0 Å². The van der Waals surface area contributed by atoms with Crippen molar-refractivity contribution in [2.75, 3.05) is 11.1 Å². The van der Waals surface area contributed by atoms with Crippen LogP contribution in [0.1, 0.15) is 5.56 Å². The largest absolute Gasteiger partial charge is 0.508 e. The van der Waals surface area contributed by atoms with Crippen molar-refractivity contribution in [2.45, 2.75) is 6.42 Å². The third-order valence-corrected chi connectivity index (χ3v) is 2.47. The standard InChI is InChI=1S/C14H14N2O2/c15-11-4-6-12(7-5-11)16-14(18)9-10-2-1-3-13(17)8-10/h1-8,17H,9,15H2,(H,16,18). The predicted octanol–water partition coefficient (Wildman–Crippen LogP) is 2.16. The fourth-order valence-electron chi connectivity index (χ4n) is 1.62. The van der Waals surface area contributed by atoms with E-state index in [-0.39, 0.29) is 18.1 Å². The van der Waals surface area contributed by atoms with Gasteiger partial charge in [-0.2, -0.15) is 0 Å². The van der Waals surface area contributed by atoms with Crippen molar-refractivity contribution < 1.29 is 9.90 Å². The molecule has 0 aliphatic heterocycles. The molecule has 0 radical (unpaired) electrons. The van der Waals surface area contributed by atoms with Crippen LogP contribution in [0.3, 0.4) is 0 Å². The highest BCUT2D eigenvalue weighted by Gasteiger charge is 2.04. The van der Waals surface area contributed by atoms with Crippen molar-refractivity contribution in [3.8, 4) is 5.75 Å². The van der Waals surface area contributed by atoms with Gasteiger partial charge < -0.3 is 16.2 Å². The quantitative estimate of drug-likeness (QED) is 0.722. The zero-order valence-electron chi connectivity index (χ0n) is 9.76. The van der Waals surface area contributed by atoms with E-state index < -0.39 is 0 Å². The van der Waals surface area contributed by atoms with Gasteiger partial charge in [0, 0.05) is 11.4 Å². The number of hydrogen-bond acceptors (Lipinski definition) is 3. The number of phenols is 1. The van der Waals surface area contributed by atoms with E-state index in [4.69, 9.17) is 5.73 Å². The first-order chi connectivity index (χ1) is 8.63. The van der Waals surface area contributed by atoms with Gasteiger partial charge in [-0.3, -0.25) is 4.79 Å². The molecule has 1 amide bonds. The van der Waals surface area contributed by atoms with E-state index in [1.807, 2.05) is 0 Å². The molecule has 2 aromatic rings. The summed E-state index contributed by atoms with van der Waals surface area (Å²) in [6.45, 7) is 0. The highest BCUT2D eigenvalue weighted by Crippen LogP contribution is 2.13. The van der Waals surface area contributed by atoms with Crippen molar-refractivity contribution in [3.63, 3.8) is 0 Å². The van der Waals surface area contributed by atoms with Crippen LogP contribution < -0.4 is 11.1 Å². The van der Waals surface area contributed by atoms with E-state index in [1.165, 1.54) is 0 Å². The van der Waals surface area contributed by atoms with Crippen molar-refractivity contribution in [3.05, 3.63) is 54.1 Å². The number of phenolic OH excluding ortho intramolecular Hbond substituents is 1. The van der Waals surface area contributed by atoms with Gasteiger partial charge in [0.2, 0.25) is 5.91 Å². The molecule has 0 aliphatic carbocycles. The molecular formula is C14H14N2O2. The summed E-state index contributed by atoms with van der Waals surface area (Å²) >= 11 is 0. The summed E-state index contributed by atoms with van der Waals surface area (Å²) in [7, 11) is 0. The maximum atomic E-state index is 11.8. The van der Waals surface area contributed by atoms with Gasteiger partial charge in [-0.25, -0.2) is 0 Å². The Kier molecular flexibility index (Phi) is 3.48. The fourth-order valence-corrected chi connectivity index (χ4v) is 1.62. The lowest BCUT2D eigenvalue weighted by molar-refractivity contribution is -0.115. The molecule has 18 heavy (non-hydrogen) atoms. The second kappa shape index (κ2) is 5.23. The Bertz CT molecular complexity index is 550. The summed E-state index contributed by atoms with van der Waals surface area (Å²) in [6, 6.07) is 13.6. The SMILES string of the molecule is Nc1ccc(NC(=O)Cc2cccc(O)c2)cc1. The van der Waals surface area contributed by atoms with Gasteiger partial charge in [-0.1, -0.05) is 12.1 Å². The lowest BCUT2D eigenvalue weighted by atomic mass is 10.1. The number of amides is 1. The second-order valence-electron chi connectivity index (χ2n) is 4.02. The van der Waals surface area contributed by atoms with Crippen LogP contribution in [-0.4, -0.2) is 11.0 Å². The van der Waals surface area contributed by atoms with Crippen LogP contribution in [0.4, 0.5) is 11.4 Å². The molecule has 0 fully saturated rings. The number of carbonyl (C=O) groups excluding carboxylic acids is 1. The summed E-state index contributed by atoms with van der Waals surface area (Å²) < 4.78 is 0. The van der Waals surface area contributed by atoms with E-state index in [0.717, 1.165) is 5.56 Å². The molecule has 0 spiro atoms. The number of nitrogens with two attached hydrogens (primary N) is 1. The van der Waals surface area contributed by atoms with E-state index in [9.17, 15) is 9.90 Å². The minimum absolute atomic E-state index is 0.134. The Labute approximate surface area is 105 Å². The molecule has 0 saturated heterocycles. The molecule has 0 unspecified atom stereocenters. The van der Waals surface area contributed by atoms with Gasteiger partial charge >= 0.3 is 0 Å². The third kappa shape index (κ3) is 3.25. The minimum atomic E-state index is -0.134. The van der Waals surface area contributed by atoms with Crippen LogP contribution in [0.2, 0.25) is 0 Å². The molecule has 2 aromatic carbocycles. The van der Waals surface area contributed by atoms with Gasteiger partial charge in [-0.05, 0) is 42.0 Å². The van der Waals surface area contributed by atoms with Gasteiger partial charge in [0.05, 0.1) is 6.42 Å². The zero-order valence-corrected chi connectivity index (χ0v) is 9.76. The first-order valence-electron chi connectivity index (χ1n) is 5.57. The molecular weight excluding hydrogens is 228 g/mol. The third-order valence-electron chi connectivity index (χ3n) is 2.47. The van der Waals surface area contributed by atoms with Crippen LogP contribution in [-0.2, 0) is 11.2 Å². The average molecular weight is 242 g/mol. The maximum Gasteiger partial charge on any atom is 0.228 e. The number of anilines is 2. The van der Waals surface area contributed by atoms with Gasteiger partial charge in [-0.15, -0.1) is 0 Å². The molecule has 0 aliphatic rings. The Balaban J connectivity index is 1.98. The molecule has 0 heterocycles. The van der Waals surface area contributed by atoms with Crippen molar-refractivity contribution in [1.82, 2.24) is 0 Å². The number of benzene rings is 2. The summed E-state index contributed by atoms with van der Waals surface area (Å²) in [4.78, 5) is 11.8. The van der Waals surface area contributed by atoms with E-state index in [1.54, 1.807) is 48.5 Å². The molecule has 0 bridgehead atoms. The van der Waals surface area contributed by atoms with Gasteiger partial charge in [0.15, 0.2) is 0 Å². The number of hydrogen-bond donors (Lipinski definition) is 3. The molecule has 0 saturated carbocycles. The van der Waals surface area contributed by atoms with E-state index in [0.29, 0.717) is 11.4 Å². The Morgan fingerprint density at radius 3 is 2.56 bits per heavy atom. The van der Waals surface area contributed by atoms with Crippen LogP contribution in [0.25, 0.3) is 0 Å². The van der Waals surface area contributed by atoms with Crippen LogP contribution in [0.5, 0.6) is 5.75 Å². The molecule has 4 heteroatoms. The smallest absolute Gasteiger partial charge is 0.228 e. The number of carbonyl (C=O) groups is 1. The highest BCUT2D eigenvalue weighted by molar-refractivity contribution is 5.92. The van der Waals surface area contributed by atoms with Crippen LogP contribution in [0, 0.1) is 0 Å². The molecule has 0 atom stereocenters. The highest BCUT2D eigenvalue weighted by atomic mass is 16.3. The topological polar surface area (TPSA) is 75.3 Å². The Morgan fingerprint density at radius 1 is 1.17 bits per heavy atom. The maximum absolute atomic E-state index is 11.8. The average Bonchev–Trinajstić information content (AvgIpc) is 2.32. The molecule has 2 rings (SSSR count). The Hall–Kier alpha value is -2.49. The first-order valence-corrected chi connectivity index (χ1v) is 5.57. The normalized spacial score (nSPS) is 10.0. The number of rotatable bonds is 3. The van der Waals surface area contributed by atoms with Gasteiger partial charge in [0.25, 0.3) is 0 Å². The van der Waals surface area contributed by atoms with Crippen molar-refractivity contribution in [1.29, 1.82) is 0 Å². The number of nitrogens with one attached hydrogen (secondary N) is 1. The van der Waals surface area contributed by atoms with Crippen LogP contribution in [0.15, 0.2) is 48.5 Å². The Morgan fingerprint density at radius 2 is 1.89 bits per heavy atom. The van der Waals surface area contributed by atoms with E-state index in [2.05, 4.69) is 5.32 Å². The summed E-state index contributed by atoms with van der Waals surface area (Å²) in [5, 5.41) is 12.1. The summed E-state index contributed by atoms with van der Waals surface area (Å²) in [5.41, 5.74) is 7.68. The summed E-state index contributed by atoms with van der Waals surface area (Å²) in [5.74, 6) is 0.0261. The summed E-state index contributed by atoms with van der Waals surface area (Å²) in [6.07, 6.45) is 0.221. The molecule has 92 valence electrons. The first kappa shape index (κ1) is 12.0. The molecule has 0 aromatic heterocycles. The molecule has 4 N–H and O–H groups in total. The van der Waals surface area contributed by atoms with Crippen molar-refractivity contribution >= 4 is 17.3 Å². The number of nitrogen functional groups attached to an aromatic ring is 1. The molecule has 4 nitrogen and oxygen atoms in total.